The molecular formula is C31H31NO3. The minimum Gasteiger partial charge on any atom is -0.489 e. The monoisotopic (exact) mass is 465 g/mol. The third-order valence-electron chi connectivity index (χ3n) is 6.95. The number of carbonyl (C=O) groups is 2. The summed E-state index contributed by atoms with van der Waals surface area (Å²) >= 11 is 0. The normalized spacial score (nSPS) is 18.0. The zero-order valence-electron chi connectivity index (χ0n) is 20.6. The summed E-state index contributed by atoms with van der Waals surface area (Å²) < 4.78 is 5.97. The number of amides is 1. The molecule has 0 saturated heterocycles. The number of Topliss-reactive ketones (excluding diaryl/α,β-unsaturated/α-hetero) is 1. The van der Waals surface area contributed by atoms with Crippen LogP contribution in [-0.4, -0.2) is 11.7 Å². The molecule has 5 rings (SSSR count). The highest BCUT2D eigenvalue weighted by atomic mass is 16.5. The SMILES string of the molecule is Cc1ccc(COc2ccc(C3CC(=O)N(c4cc(C)cc(C)c4)C4=C3C(=O)CCC4)cc2)cc1. The number of allylic oxidation sites excluding steroid dienone is 2. The third kappa shape index (κ3) is 4.79. The summed E-state index contributed by atoms with van der Waals surface area (Å²) in [5, 5.41) is 0. The zero-order valence-corrected chi connectivity index (χ0v) is 20.6. The summed E-state index contributed by atoms with van der Waals surface area (Å²) in [7, 11) is 0. The molecule has 0 fully saturated rings. The number of benzene rings is 3. The highest BCUT2D eigenvalue weighted by molar-refractivity contribution is 6.07. The Kier molecular flexibility index (Phi) is 6.29. The van der Waals surface area contributed by atoms with Crippen LogP contribution in [0.2, 0.25) is 0 Å². The Morgan fingerprint density at radius 3 is 2.20 bits per heavy atom. The first-order valence-electron chi connectivity index (χ1n) is 12.3. The van der Waals surface area contributed by atoms with Gasteiger partial charge in [0.25, 0.3) is 0 Å². The van der Waals surface area contributed by atoms with Gasteiger partial charge in [0.1, 0.15) is 12.4 Å². The van der Waals surface area contributed by atoms with Crippen molar-refractivity contribution in [2.75, 3.05) is 4.90 Å². The molecule has 35 heavy (non-hydrogen) atoms. The smallest absolute Gasteiger partial charge is 0.232 e. The van der Waals surface area contributed by atoms with Gasteiger partial charge in [0.2, 0.25) is 5.91 Å². The van der Waals surface area contributed by atoms with Crippen molar-refractivity contribution in [2.24, 2.45) is 0 Å². The van der Waals surface area contributed by atoms with Crippen molar-refractivity contribution in [3.63, 3.8) is 0 Å². The second-order valence-corrected chi connectivity index (χ2v) is 9.81. The van der Waals surface area contributed by atoms with Gasteiger partial charge in [-0.05, 0) is 80.1 Å². The molecule has 0 bridgehead atoms. The van der Waals surface area contributed by atoms with Gasteiger partial charge in [-0.3, -0.25) is 14.5 Å². The Hall–Kier alpha value is -3.66. The van der Waals surface area contributed by atoms with E-state index in [1.807, 2.05) is 55.1 Å². The predicted octanol–water partition coefficient (Wildman–Crippen LogP) is 6.72. The first-order chi connectivity index (χ1) is 16.9. The molecule has 1 aliphatic heterocycles. The van der Waals surface area contributed by atoms with Gasteiger partial charge in [0.05, 0.1) is 0 Å². The zero-order chi connectivity index (χ0) is 24.5. The van der Waals surface area contributed by atoms with Crippen molar-refractivity contribution in [3.05, 3.63) is 106 Å². The molecule has 3 aromatic rings. The molecule has 1 aliphatic carbocycles. The third-order valence-corrected chi connectivity index (χ3v) is 6.95. The van der Waals surface area contributed by atoms with Crippen LogP contribution in [0.5, 0.6) is 5.75 Å². The summed E-state index contributed by atoms with van der Waals surface area (Å²) in [5.74, 6) is 0.780. The Balaban J connectivity index is 1.43. The molecule has 1 unspecified atom stereocenters. The molecule has 4 heteroatoms. The van der Waals surface area contributed by atoms with Crippen molar-refractivity contribution in [1.82, 2.24) is 0 Å². The van der Waals surface area contributed by atoms with Crippen LogP contribution in [0, 0.1) is 20.8 Å². The Morgan fingerprint density at radius 1 is 0.829 bits per heavy atom. The lowest BCUT2D eigenvalue weighted by atomic mass is 9.77. The van der Waals surface area contributed by atoms with Crippen LogP contribution in [0.25, 0.3) is 0 Å². The quantitative estimate of drug-likeness (QED) is 0.420. The van der Waals surface area contributed by atoms with Crippen molar-refractivity contribution < 1.29 is 14.3 Å². The van der Waals surface area contributed by atoms with Gasteiger partial charge in [-0.15, -0.1) is 0 Å². The van der Waals surface area contributed by atoms with E-state index >= 15 is 0 Å². The molecule has 2 aliphatic rings. The maximum absolute atomic E-state index is 13.5. The van der Waals surface area contributed by atoms with Gasteiger partial charge in [0, 0.05) is 35.7 Å². The molecule has 0 N–H and O–H groups in total. The molecule has 3 aromatic carbocycles. The van der Waals surface area contributed by atoms with Gasteiger partial charge in [0.15, 0.2) is 5.78 Å². The molecule has 0 saturated carbocycles. The van der Waals surface area contributed by atoms with E-state index in [0.29, 0.717) is 19.4 Å². The van der Waals surface area contributed by atoms with E-state index in [2.05, 4.69) is 37.3 Å². The van der Waals surface area contributed by atoms with E-state index in [4.69, 9.17) is 4.74 Å². The van der Waals surface area contributed by atoms with Gasteiger partial charge in [-0.2, -0.15) is 0 Å². The van der Waals surface area contributed by atoms with Gasteiger partial charge < -0.3 is 4.74 Å². The molecule has 0 aromatic heterocycles. The molecule has 1 heterocycles. The van der Waals surface area contributed by atoms with Crippen molar-refractivity contribution >= 4 is 17.4 Å². The number of nitrogens with zero attached hydrogens (tertiary/aromatic N) is 1. The summed E-state index contributed by atoms with van der Waals surface area (Å²) in [6.07, 6.45) is 2.36. The maximum atomic E-state index is 13.5. The number of ketones is 1. The summed E-state index contributed by atoms with van der Waals surface area (Å²) in [4.78, 5) is 28.4. The number of hydrogen-bond donors (Lipinski definition) is 0. The number of carbonyl (C=O) groups excluding carboxylic acids is 2. The Bertz CT molecular complexity index is 1280. The summed E-state index contributed by atoms with van der Waals surface area (Å²) in [5.41, 5.74) is 8.11. The summed E-state index contributed by atoms with van der Waals surface area (Å²) in [6.45, 7) is 6.65. The van der Waals surface area contributed by atoms with Gasteiger partial charge >= 0.3 is 0 Å². The molecule has 178 valence electrons. The molecule has 1 atom stereocenters. The van der Waals surface area contributed by atoms with E-state index in [9.17, 15) is 9.59 Å². The number of hydrogen-bond acceptors (Lipinski definition) is 3. The van der Waals surface area contributed by atoms with Crippen LogP contribution in [0.3, 0.4) is 0 Å². The van der Waals surface area contributed by atoms with Crippen LogP contribution in [0.15, 0.2) is 78.0 Å². The fraction of sp³-hybridized carbons (Fsp3) is 0.290. The average molecular weight is 466 g/mol. The van der Waals surface area contributed by atoms with E-state index in [1.165, 1.54) is 5.56 Å². The van der Waals surface area contributed by atoms with E-state index in [0.717, 1.165) is 57.8 Å². The van der Waals surface area contributed by atoms with E-state index in [1.54, 1.807) is 0 Å². The lowest BCUT2D eigenvalue weighted by Gasteiger charge is -2.38. The standard InChI is InChI=1S/C31H31NO3/c1-20-7-9-23(10-8-20)19-35-26-13-11-24(12-14-26)27-18-30(34)32(25-16-21(2)15-22(3)17-25)28-5-4-6-29(33)31(27)28/h7-17,27H,4-6,18-19H2,1-3H3. The lowest BCUT2D eigenvalue weighted by molar-refractivity contribution is -0.119. The second-order valence-electron chi connectivity index (χ2n) is 9.81. The average Bonchev–Trinajstić information content (AvgIpc) is 2.83. The minimum absolute atomic E-state index is 0.0492. The number of aryl methyl sites for hydroxylation is 3. The highest BCUT2D eigenvalue weighted by Gasteiger charge is 2.39. The fourth-order valence-corrected chi connectivity index (χ4v) is 5.30. The Morgan fingerprint density at radius 2 is 1.51 bits per heavy atom. The first kappa shape index (κ1) is 23.1. The van der Waals surface area contributed by atoms with Crippen LogP contribution >= 0.6 is 0 Å². The first-order valence-corrected chi connectivity index (χ1v) is 12.3. The highest BCUT2D eigenvalue weighted by Crippen LogP contribution is 2.43. The van der Waals surface area contributed by atoms with Crippen LogP contribution in [-0.2, 0) is 16.2 Å². The molecular weight excluding hydrogens is 434 g/mol. The van der Waals surface area contributed by atoms with Crippen molar-refractivity contribution in [3.8, 4) is 5.75 Å². The largest absolute Gasteiger partial charge is 0.489 e. The maximum Gasteiger partial charge on any atom is 0.232 e. The number of ether oxygens (including phenoxy) is 1. The molecule has 0 radical (unpaired) electrons. The molecule has 4 nitrogen and oxygen atoms in total. The van der Waals surface area contributed by atoms with E-state index < -0.39 is 0 Å². The van der Waals surface area contributed by atoms with Gasteiger partial charge in [-0.1, -0.05) is 48.0 Å². The van der Waals surface area contributed by atoms with Gasteiger partial charge in [-0.25, -0.2) is 0 Å². The fourth-order valence-electron chi connectivity index (χ4n) is 5.30. The van der Waals surface area contributed by atoms with Crippen molar-refractivity contribution in [1.29, 1.82) is 0 Å². The molecule has 1 amide bonds. The number of anilines is 1. The second kappa shape index (κ2) is 9.53. The lowest BCUT2D eigenvalue weighted by Crippen LogP contribution is -2.40. The molecule has 0 spiro atoms. The van der Waals surface area contributed by atoms with Crippen LogP contribution < -0.4 is 9.64 Å². The topological polar surface area (TPSA) is 46.6 Å². The number of rotatable bonds is 5. The predicted molar refractivity (Wildman–Crippen MR) is 139 cm³/mol. The van der Waals surface area contributed by atoms with Crippen molar-refractivity contribution in [2.45, 2.75) is 59.0 Å². The van der Waals surface area contributed by atoms with Crippen LogP contribution in [0.1, 0.15) is 59.4 Å². The van der Waals surface area contributed by atoms with Crippen LogP contribution in [0.4, 0.5) is 5.69 Å². The Labute approximate surface area is 207 Å². The minimum atomic E-state index is -0.210. The van der Waals surface area contributed by atoms with E-state index in [-0.39, 0.29) is 17.6 Å². The summed E-state index contributed by atoms with van der Waals surface area (Å²) in [6, 6.07) is 22.4.